The van der Waals surface area contributed by atoms with Crippen LogP contribution in [0.15, 0.2) is 29.1 Å². The minimum atomic E-state index is 0.0112. The van der Waals surface area contributed by atoms with Gasteiger partial charge in [-0.3, -0.25) is 9.13 Å². The first-order chi connectivity index (χ1) is 10.1. The number of imidazole rings is 1. The Morgan fingerprint density at radius 2 is 1.90 bits per heavy atom. The van der Waals surface area contributed by atoms with E-state index in [1.807, 2.05) is 20.2 Å². The molecule has 108 valence electrons. The van der Waals surface area contributed by atoms with E-state index in [2.05, 4.69) is 28.5 Å². The van der Waals surface area contributed by atoms with Crippen LogP contribution in [-0.4, -0.2) is 20.7 Å². The molecule has 2 N–H and O–H groups in total. The number of H-pyrrole nitrogens is 1. The van der Waals surface area contributed by atoms with E-state index in [0.717, 1.165) is 41.8 Å². The van der Waals surface area contributed by atoms with E-state index in [1.165, 1.54) is 11.3 Å². The van der Waals surface area contributed by atoms with Gasteiger partial charge in [-0.15, -0.1) is 0 Å². The molecule has 21 heavy (non-hydrogen) atoms. The van der Waals surface area contributed by atoms with Crippen molar-refractivity contribution >= 4 is 11.0 Å². The summed E-state index contributed by atoms with van der Waals surface area (Å²) in [5.74, 6) is 0. The highest BCUT2D eigenvalue weighted by Gasteiger charge is 2.14. The number of aromatic nitrogens is 3. The van der Waals surface area contributed by atoms with Crippen LogP contribution in [0.3, 0.4) is 0 Å². The second-order valence-corrected chi connectivity index (χ2v) is 5.72. The summed E-state index contributed by atoms with van der Waals surface area (Å²) >= 11 is 0. The van der Waals surface area contributed by atoms with Crippen molar-refractivity contribution in [2.24, 2.45) is 14.1 Å². The number of nitrogens with zero attached hydrogens (tertiary/aromatic N) is 2. The predicted molar refractivity (Wildman–Crippen MR) is 83.4 cm³/mol. The fourth-order valence-corrected chi connectivity index (χ4v) is 3.19. The molecule has 0 atom stereocenters. The summed E-state index contributed by atoms with van der Waals surface area (Å²) in [5, 5.41) is 3.39. The van der Waals surface area contributed by atoms with Gasteiger partial charge in [0.05, 0.1) is 11.0 Å². The van der Waals surface area contributed by atoms with Crippen LogP contribution in [0.2, 0.25) is 0 Å². The van der Waals surface area contributed by atoms with E-state index in [9.17, 15) is 4.79 Å². The fourth-order valence-electron chi connectivity index (χ4n) is 3.19. The van der Waals surface area contributed by atoms with Gasteiger partial charge < -0.3 is 10.3 Å². The zero-order valence-corrected chi connectivity index (χ0v) is 12.2. The molecule has 3 heterocycles. The summed E-state index contributed by atoms with van der Waals surface area (Å²) < 4.78 is 3.38. The van der Waals surface area contributed by atoms with E-state index in [0.29, 0.717) is 0 Å². The molecule has 1 aliphatic rings. The van der Waals surface area contributed by atoms with E-state index < -0.39 is 0 Å². The molecule has 4 rings (SSSR count). The van der Waals surface area contributed by atoms with Crippen LogP contribution < -0.4 is 11.0 Å². The van der Waals surface area contributed by atoms with Crippen LogP contribution in [0.1, 0.15) is 11.3 Å². The molecule has 3 aromatic rings. The molecule has 0 fully saturated rings. The summed E-state index contributed by atoms with van der Waals surface area (Å²) in [6.45, 7) is 1.96. The molecular weight excluding hydrogens is 264 g/mol. The van der Waals surface area contributed by atoms with Crippen molar-refractivity contribution in [2.45, 2.75) is 13.0 Å². The van der Waals surface area contributed by atoms with Crippen LogP contribution in [0.4, 0.5) is 0 Å². The molecule has 1 aromatic carbocycles. The van der Waals surface area contributed by atoms with Crippen LogP contribution in [0.25, 0.3) is 22.3 Å². The maximum Gasteiger partial charge on any atom is 0.328 e. The van der Waals surface area contributed by atoms with Gasteiger partial charge in [0.2, 0.25) is 0 Å². The van der Waals surface area contributed by atoms with Gasteiger partial charge in [0.25, 0.3) is 0 Å². The van der Waals surface area contributed by atoms with Crippen molar-refractivity contribution in [1.82, 2.24) is 19.4 Å². The number of aromatic amines is 1. The smallest absolute Gasteiger partial charge is 0.328 e. The lowest BCUT2D eigenvalue weighted by atomic mass is 10.1. The fraction of sp³-hybridized carbons (Fsp3) is 0.312. The quantitative estimate of drug-likeness (QED) is 0.711. The van der Waals surface area contributed by atoms with E-state index in [1.54, 1.807) is 9.13 Å². The first-order valence-corrected chi connectivity index (χ1v) is 7.22. The molecule has 5 nitrogen and oxygen atoms in total. The van der Waals surface area contributed by atoms with Gasteiger partial charge in [-0.1, -0.05) is 6.07 Å². The van der Waals surface area contributed by atoms with Crippen molar-refractivity contribution in [1.29, 1.82) is 0 Å². The molecule has 0 radical (unpaired) electrons. The monoisotopic (exact) mass is 282 g/mol. The summed E-state index contributed by atoms with van der Waals surface area (Å²) in [4.78, 5) is 15.5. The second-order valence-electron chi connectivity index (χ2n) is 5.72. The standard InChI is InChI=1S/C16H18N4O/c1-19-14-4-3-10(8-15(14)20(2)16(19)21)13-7-11-9-17-6-5-12(11)18-13/h3-4,7-8,17-18H,5-6,9H2,1-2H3. The highest BCUT2D eigenvalue weighted by Crippen LogP contribution is 2.26. The minimum Gasteiger partial charge on any atom is -0.358 e. The molecule has 1 aliphatic heterocycles. The van der Waals surface area contributed by atoms with Crippen LogP contribution in [0, 0.1) is 0 Å². The molecule has 2 aromatic heterocycles. The highest BCUT2D eigenvalue weighted by atomic mass is 16.1. The van der Waals surface area contributed by atoms with Crippen molar-refractivity contribution in [3.05, 3.63) is 46.0 Å². The number of hydrogen-bond donors (Lipinski definition) is 2. The third kappa shape index (κ3) is 1.77. The van der Waals surface area contributed by atoms with Crippen molar-refractivity contribution < 1.29 is 0 Å². The molecular formula is C16H18N4O. The lowest BCUT2D eigenvalue weighted by Crippen LogP contribution is -2.22. The maximum atomic E-state index is 12.0. The van der Waals surface area contributed by atoms with Crippen molar-refractivity contribution in [2.75, 3.05) is 6.54 Å². The minimum absolute atomic E-state index is 0.0112. The summed E-state index contributed by atoms with van der Waals surface area (Å²) in [6.07, 6.45) is 1.04. The number of hydrogen-bond acceptors (Lipinski definition) is 2. The third-order valence-corrected chi connectivity index (χ3v) is 4.44. The Labute approximate surface area is 122 Å². The maximum absolute atomic E-state index is 12.0. The summed E-state index contributed by atoms with van der Waals surface area (Å²) in [5.41, 5.74) is 6.86. The lowest BCUT2D eigenvalue weighted by Gasteiger charge is -2.11. The summed E-state index contributed by atoms with van der Waals surface area (Å²) in [7, 11) is 3.63. The lowest BCUT2D eigenvalue weighted by molar-refractivity contribution is 0.638. The summed E-state index contributed by atoms with van der Waals surface area (Å²) in [6, 6.07) is 8.39. The molecule has 0 unspecified atom stereocenters. The molecule has 0 saturated heterocycles. The van der Waals surface area contributed by atoms with Gasteiger partial charge in [0.15, 0.2) is 0 Å². The second kappa shape index (κ2) is 4.36. The van der Waals surface area contributed by atoms with E-state index in [-0.39, 0.29) is 5.69 Å². The van der Waals surface area contributed by atoms with Gasteiger partial charge in [0, 0.05) is 50.6 Å². The molecule has 0 amide bonds. The average molecular weight is 282 g/mol. The van der Waals surface area contributed by atoms with Gasteiger partial charge in [-0.05, 0) is 23.8 Å². The number of rotatable bonds is 1. The van der Waals surface area contributed by atoms with E-state index >= 15 is 0 Å². The number of fused-ring (bicyclic) bond motifs is 2. The Balaban J connectivity index is 1.89. The Morgan fingerprint density at radius 3 is 2.71 bits per heavy atom. The SMILES string of the molecule is Cn1c(=O)n(C)c2cc(-c3cc4c([nH]3)CCNC4)ccc21. The zero-order valence-electron chi connectivity index (χ0n) is 12.2. The first kappa shape index (κ1) is 12.5. The molecule has 0 saturated carbocycles. The molecule has 0 aliphatic carbocycles. The Morgan fingerprint density at radius 1 is 1.10 bits per heavy atom. The van der Waals surface area contributed by atoms with E-state index in [4.69, 9.17) is 0 Å². The predicted octanol–water partition coefficient (Wildman–Crippen LogP) is 1.52. The Hall–Kier alpha value is -2.27. The van der Waals surface area contributed by atoms with Crippen LogP contribution >= 0.6 is 0 Å². The highest BCUT2D eigenvalue weighted by molar-refractivity contribution is 5.82. The van der Waals surface area contributed by atoms with Crippen LogP contribution in [-0.2, 0) is 27.1 Å². The van der Waals surface area contributed by atoms with Crippen molar-refractivity contribution in [3.8, 4) is 11.3 Å². The number of benzene rings is 1. The van der Waals surface area contributed by atoms with Crippen LogP contribution in [0.5, 0.6) is 0 Å². The Bertz CT molecular complexity index is 874. The van der Waals surface area contributed by atoms with Gasteiger partial charge in [0.1, 0.15) is 0 Å². The van der Waals surface area contributed by atoms with Gasteiger partial charge >= 0.3 is 5.69 Å². The third-order valence-electron chi connectivity index (χ3n) is 4.44. The normalized spacial score (nSPS) is 14.6. The van der Waals surface area contributed by atoms with Crippen molar-refractivity contribution in [3.63, 3.8) is 0 Å². The topological polar surface area (TPSA) is 54.8 Å². The molecule has 0 spiro atoms. The largest absolute Gasteiger partial charge is 0.358 e. The number of nitrogens with one attached hydrogen (secondary N) is 2. The van der Waals surface area contributed by atoms with Gasteiger partial charge in [-0.2, -0.15) is 0 Å². The molecule has 0 bridgehead atoms. The Kier molecular flexibility index (Phi) is 2.59. The van der Waals surface area contributed by atoms with Gasteiger partial charge in [-0.25, -0.2) is 4.79 Å². The average Bonchev–Trinajstić information content (AvgIpc) is 3.03. The first-order valence-electron chi connectivity index (χ1n) is 7.22. The molecule has 5 heteroatoms. The zero-order chi connectivity index (χ0) is 14.6. The number of aryl methyl sites for hydroxylation is 2.